The lowest BCUT2D eigenvalue weighted by atomic mass is 10.0. The first kappa shape index (κ1) is 12.6. The van der Waals surface area contributed by atoms with Crippen LogP contribution < -0.4 is 0 Å². The maximum absolute atomic E-state index is 2.69. The van der Waals surface area contributed by atoms with E-state index in [1.165, 1.54) is 37.8 Å². The van der Waals surface area contributed by atoms with Gasteiger partial charge in [-0.2, -0.15) is 0 Å². The minimum Gasteiger partial charge on any atom is -0.296 e. The van der Waals surface area contributed by atoms with Crippen LogP contribution in [0.25, 0.3) is 0 Å². The quantitative estimate of drug-likeness (QED) is 0.738. The summed E-state index contributed by atoms with van der Waals surface area (Å²) in [5, 5.41) is 0. The van der Waals surface area contributed by atoms with E-state index in [0.717, 1.165) is 18.5 Å². The molecular formula is C16H25N. The van der Waals surface area contributed by atoms with E-state index in [9.17, 15) is 0 Å². The molecule has 0 aliphatic carbocycles. The van der Waals surface area contributed by atoms with Crippen molar-refractivity contribution in [2.24, 2.45) is 5.92 Å². The molecule has 1 nitrogen and oxygen atoms in total. The van der Waals surface area contributed by atoms with Gasteiger partial charge in [0, 0.05) is 19.1 Å². The Kier molecular flexibility index (Phi) is 4.61. The predicted molar refractivity (Wildman–Crippen MR) is 73.9 cm³/mol. The summed E-state index contributed by atoms with van der Waals surface area (Å²) in [5.41, 5.74) is 1.46. The van der Waals surface area contributed by atoms with Crippen LogP contribution in [0.2, 0.25) is 0 Å². The molecule has 0 aromatic heterocycles. The van der Waals surface area contributed by atoms with Crippen LogP contribution in [0.1, 0.15) is 45.1 Å². The Labute approximate surface area is 106 Å². The van der Waals surface area contributed by atoms with E-state index in [-0.39, 0.29) is 0 Å². The SMILES string of the molecule is CCCC[C@H]1C[C@H](C)CN1Cc1ccccc1. The minimum atomic E-state index is 0.824. The molecule has 1 heterocycles. The third-order valence-corrected chi connectivity index (χ3v) is 3.86. The molecule has 1 heteroatoms. The van der Waals surface area contributed by atoms with Gasteiger partial charge in [0.2, 0.25) is 0 Å². The first-order valence-corrected chi connectivity index (χ1v) is 7.07. The van der Waals surface area contributed by atoms with Crippen molar-refractivity contribution in [2.45, 2.75) is 52.1 Å². The average molecular weight is 231 g/mol. The van der Waals surface area contributed by atoms with Crippen molar-refractivity contribution in [3.05, 3.63) is 35.9 Å². The maximum atomic E-state index is 2.69. The van der Waals surface area contributed by atoms with Gasteiger partial charge in [0.15, 0.2) is 0 Å². The third-order valence-electron chi connectivity index (χ3n) is 3.86. The number of likely N-dealkylation sites (tertiary alicyclic amines) is 1. The molecule has 0 bridgehead atoms. The zero-order chi connectivity index (χ0) is 12.1. The fourth-order valence-corrected chi connectivity index (χ4v) is 2.99. The summed E-state index contributed by atoms with van der Waals surface area (Å²) in [6, 6.07) is 11.7. The van der Waals surface area contributed by atoms with Crippen LogP contribution >= 0.6 is 0 Å². The van der Waals surface area contributed by atoms with Crippen LogP contribution in [-0.2, 0) is 6.54 Å². The van der Waals surface area contributed by atoms with Crippen molar-refractivity contribution in [2.75, 3.05) is 6.54 Å². The molecule has 2 rings (SSSR count). The van der Waals surface area contributed by atoms with Crippen molar-refractivity contribution in [3.63, 3.8) is 0 Å². The van der Waals surface area contributed by atoms with Gasteiger partial charge in [0.05, 0.1) is 0 Å². The predicted octanol–water partition coefficient (Wildman–Crippen LogP) is 4.09. The molecule has 1 aliphatic rings. The molecular weight excluding hydrogens is 206 g/mol. The summed E-state index contributed by atoms with van der Waals surface area (Å²) in [6.45, 7) is 7.10. The van der Waals surface area contributed by atoms with Crippen LogP contribution in [0.3, 0.4) is 0 Å². The monoisotopic (exact) mass is 231 g/mol. The van der Waals surface area contributed by atoms with Crippen LogP contribution in [0.4, 0.5) is 0 Å². The first-order valence-electron chi connectivity index (χ1n) is 7.07. The Hall–Kier alpha value is -0.820. The topological polar surface area (TPSA) is 3.24 Å². The van der Waals surface area contributed by atoms with Crippen molar-refractivity contribution < 1.29 is 0 Å². The summed E-state index contributed by atoms with van der Waals surface area (Å²) >= 11 is 0. The molecule has 1 fully saturated rings. The van der Waals surface area contributed by atoms with Gasteiger partial charge in [-0.15, -0.1) is 0 Å². The van der Waals surface area contributed by atoms with Gasteiger partial charge in [-0.05, 0) is 24.3 Å². The van der Waals surface area contributed by atoms with Crippen LogP contribution in [0.15, 0.2) is 30.3 Å². The molecule has 1 aliphatic heterocycles. The van der Waals surface area contributed by atoms with Gasteiger partial charge < -0.3 is 0 Å². The van der Waals surface area contributed by atoms with E-state index in [4.69, 9.17) is 0 Å². The highest BCUT2D eigenvalue weighted by Crippen LogP contribution is 2.27. The molecule has 0 spiro atoms. The number of benzene rings is 1. The maximum Gasteiger partial charge on any atom is 0.0236 e. The molecule has 2 atom stereocenters. The summed E-state index contributed by atoms with van der Waals surface area (Å²) < 4.78 is 0. The normalized spacial score (nSPS) is 25.3. The number of hydrogen-bond acceptors (Lipinski definition) is 1. The van der Waals surface area contributed by atoms with Gasteiger partial charge in [0.25, 0.3) is 0 Å². The molecule has 1 aromatic rings. The number of unbranched alkanes of at least 4 members (excludes halogenated alkanes) is 1. The van der Waals surface area contributed by atoms with E-state index in [1.54, 1.807) is 0 Å². The molecule has 0 saturated carbocycles. The van der Waals surface area contributed by atoms with Gasteiger partial charge in [-0.1, -0.05) is 57.0 Å². The highest BCUT2D eigenvalue weighted by molar-refractivity contribution is 5.14. The molecule has 1 aromatic carbocycles. The summed E-state index contributed by atoms with van der Waals surface area (Å²) in [7, 11) is 0. The molecule has 0 N–H and O–H groups in total. The van der Waals surface area contributed by atoms with Crippen molar-refractivity contribution in [1.29, 1.82) is 0 Å². The number of rotatable bonds is 5. The lowest BCUT2D eigenvalue weighted by Gasteiger charge is -2.24. The lowest BCUT2D eigenvalue weighted by Crippen LogP contribution is -2.28. The zero-order valence-corrected chi connectivity index (χ0v) is 11.2. The van der Waals surface area contributed by atoms with Crippen LogP contribution in [0, 0.1) is 5.92 Å². The van der Waals surface area contributed by atoms with E-state index in [2.05, 4.69) is 49.1 Å². The second-order valence-corrected chi connectivity index (χ2v) is 5.55. The van der Waals surface area contributed by atoms with Crippen molar-refractivity contribution >= 4 is 0 Å². The fourth-order valence-electron chi connectivity index (χ4n) is 2.99. The highest BCUT2D eigenvalue weighted by atomic mass is 15.2. The smallest absolute Gasteiger partial charge is 0.0236 e. The highest BCUT2D eigenvalue weighted by Gasteiger charge is 2.28. The van der Waals surface area contributed by atoms with Gasteiger partial charge in [-0.3, -0.25) is 4.90 Å². The van der Waals surface area contributed by atoms with E-state index >= 15 is 0 Å². The standard InChI is InChI=1S/C16H25N/c1-3-4-10-16-11-14(2)12-17(16)13-15-8-6-5-7-9-15/h5-9,14,16H,3-4,10-13H2,1-2H3/t14-,16-/m0/s1. The lowest BCUT2D eigenvalue weighted by molar-refractivity contribution is 0.229. The Morgan fingerprint density at radius 2 is 2.00 bits per heavy atom. The van der Waals surface area contributed by atoms with Crippen molar-refractivity contribution in [1.82, 2.24) is 4.90 Å². The molecule has 17 heavy (non-hydrogen) atoms. The Balaban J connectivity index is 1.93. The fraction of sp³-hybridized carbons (Fsp3) is 0.625. The summed E-state index contributed by atoms with van der Waals surface area (Å²) in [5.74, 6) is 0.876. The molecule has 0 unspecified atom stereocenters. The van der Waals surface area contributed by atoms with Crippen LogP contribution in [-0.4, -0.2) is 17.5 Å². The second-order valence-electron chi connectivity index (χ2n) is 5.55. The number of hydrogen-bond donors (Lipinski definition) is 0. The largest absolute Gasteiger partial charge is 0.296 e. The van der Waals surface area contributed by atoms with Crippen LogP contribution in [0.5, 0.6) is 0 Å². The second kappa shape index (κ2) is 6.20. The molecule has 1 saturated heterocycles. The zero-order valence-electron chi connectivity index (χ0n) is 11.2. The Morgan fingerprint density at radius 3 is 2.71 bits per heavy atom. The summed E-state index contributed by atoms with van der Waals surface area (Å²) in [4.78, 5) is 2.69. The van der Waals surface area contributed by atoms with E-state index < -0.39 is 0 Å². The molecule has 94 valence electrons. The van der Waals surface area contributed by atoms with E-state index in [0.29, 0.717) is 0 Å². The Bertz CT molecular complexity index is 320. The molecule has 0 amide bonds. The van der Waals surface area contributed by atoms with E-state index in [1.807, 2.05) is 0 Å². The van der Waals surface area contributed by atoms with Gasteiger partial charge >= 0.3 is 0 Å². The third kappa shape index (κ3) is 3.57. The van der Waals surface area contributed by atoms with Gasteiger partial charge in [-0.25, -0.2) is 0 Å². The van der Waals surface area contributed by atoms with Gasteiger partial charge in [0.1, 0.15) is 0 Å². The Morgan fingerprint density at radius 1 is 1.24 bits per heavy atom. The summed E-state index contributed by atoms with van der Waals surface area (Å²) in [6.07, 6.45) is 5.48. The minimum absolute atomic E-state index is 0.824. The first-order chi connectivity index (χ1) is 8.29. The number of nitrogens with zero attached hydrogens (tertiary/aromatic N) is 1. The molecule has 0 radical (unpaired) electrons. The average Bonchev–Trinajstić information content (AvgIpc) is 2.68. The van der Waals surface area contributed by atoms with Crippen molar-refractivity contribution in [3.8, 4) is 0 Å².